The molecule has 72 valence electrons. The third kappa shape index (κ3) is 1.14. The molecule has 1 aliphatic rings. The van der Waals surface area contributed by atoms with Gasteiger partial charge >= 0.3 is 0 Å². The Bertz CT molecular complexity index is 497. The number of hydrogen-bond donors (Lipinski definition) is 0. The molecule has 2 nitrogen and oxygen atoms in total. The molecule has 2 heterocycles. The van der Waals surface area contributed by atoms with Crippen molar-refractivity contribution >= 4 is 17.1 Å². The molecule has 3 heteroatoms. The normalized spacial score (nSPS) is 16.4. The predicted octanol–water partition coefficient (Wildman–Crippen LogP) is 3.17. The Balaban J connectivity index is 2.32. The smallest absolute Gasteiger partial charge is 0.155 e. The van der Waals surface area contributed by atoms with E-state index in [9.17, 15) is 0 Å². The van der Waals surface area contributed by atoms with Crippen LogP contribution in [0, 0.1) is 6.92 Å². The molecular weight excluding hydrogens is 196 g/mol. The van der Waals surface area contributed by atoms with Crippen LogP contribution in [-0.2, 0) is 0 Å². The van der Waals surface area contributed by atoms with Gasteiger partial charge in [0.15, 0.2) is 5.15 Å². The Morgan fingerprint density at radius 1 is 1.50 bits per heavy atom. The zero-order valence-electron chi connectivity index (χ0n) is 8.00. The lowest BCUT2D eigenvalue weighted by Gasteiger charge is -1.99. The lowest BCUT2D eigenvalue weighted by atomic mass is 10.3. The van der Waals surface area contributed by atoms with Crippen LogP contribution in [0.15, 0.2) is 18.3 Å². The van der Waals surface area contributed by atoms with Crippen LogP contribution in [0.1, 0.15) is 30.1 Å². The van der Waals surface area contributed by atoms with Crippen molar-refractivity contribution in [2.75, 3.05) is 0 Å². The zero-order chi connectivity index (χ0) is 9.71. The Kier molecular flexibility index (Phi) is 1.62. The first-order valence-corrected chi connectivity index (χ1v) is 5.27. The molecule has 3 rings (SSSR count). The molecule has 0 amide bonds. The number of halogens is 1. The first-order valence-electron chi connectivity index (χ1n) is 4.90. The van der Waals surface area contributed by atoms with E-state index in [1.807, 2.05) is 0 Å². The van der Waals surface area contributed by atoms with Crippen molar-refractivity contribution in [3.63, 3.8) is 0 Å². The van der Waals surface area contributed by atoms with Gasteiger partial charge in [0.2, 0.25) is 0 Å². The molecule has 14 heavy (non-hydrogen) atoms. The van der Waals surface area contributed by atoms with E-state index in [0.717, 1.165) is 11.3 Å². The largest absolute Gasteiger partial charge is 0.302 e. The van der Waals surface area contributed by atoms with E-state index in [0.29, 0.717) is 11.1 Å². The Hall–Kier alpha value is -1.02. The van der Waals surface area contributed by atoms with Gasteiger partial charge in [-0.25, -0.2) is 4.98 Å². The standard InChI is InChI=1S/C11H11ClN2/c1-7-4-5-14-9(6-7)10(12)13-11(14)8-2-3-8/h4-6,8H,2-3H2,1H3. The first kappa shape index (κ1) is 8.30. The molecule has 0 spiro atoms. The van der Waals surface area contributed by atoms with E-state index < -0.39 is 0 Å². The Morgan fingerprint density at radius 3 is 3.00 bits per heavy atom. The van der Waals surface area contributed by atoms with Crippen molar-refractivity contribution in [1.29, 1.82) is 0 Å². The molecule has 0 unspecified atom stereocenters. The summed E-state index contributed by atoms with van der Waals surface area (Å²) in [4.78, 5) is 4.42. The molecule has 1 fully saturated rings. The fourth-order valence-electron chi connectivity index (χ4n) is 1.81. The molecule has 0 bridgehead atoms. The molecule has 1 saturated carbocycles. The summed E-state index contributed by atoms with van der Waals surface area (Å²) >= 11 is 6.09. The van der Waals surface area contributed by atoms with Crippen LogP contribution in [0.3, 0.4) is 0 Å². The van der Waals surface area contributed by atoms with Crippen LogP contribution in [0.25, 0.3) is 5.52 Å². The summed E-state index contributed by atoms with van der Waals surface area (Å²) in [5.41, 5.74) is 2.26. The molecule has 0 aromatic carbocycles. The molecule has 0 N–H and O–H groups in total. The minimum atomic E-state index is 0.635. The monoisotopic (exact) mass is 206 g/mol. The van der Waals surface area contributed by atoms with E-state index in [2.05, 4.69) is 34.6 Å². The fourth-order valence-corrected chi connectivity index (χ4v) is 2.04. The zero-order valence-corrected chi connectivity index (χ0v) is 8.75. The minimum Gasteiger partial charge on any atom is -0.302 e. The van der Waals surface area contributed by atoms with Crippen molar-refractivity contribution in [2.24, 2.45) is 0 Å². The molecule has 0 atom stereocenters. The van der Waals surface area contributed by atoms with Gasteiger partial charge in [0, 0.05) is 12.1 Å². The summed E-state index contributed by atoms with van der Waals surface area (Å²) in [6.45, 7) is 2.07. The number of rotatable bonds is 1. The van der Waals surface area contributed by atoms with E-state index in [-0.39, 0.29) is 0 Å². The second-order valence-corrected chi connectivity index (χ2v) is 4.35. The van der Waals surface area contributed by atoms with E-state index in [1.165, 1.54) is 18.4 Å². The fraction of sp³-hybridized carbons (Fsp3) is 0.364. The number of aromatic nitrogens is 2. The molecule has 1 aliphatic carbocycles. The lowest BCUT2D eigenvalue weighted by Crippen LogP contribution is -1.91. The average molecular weight is 207 g/mol. The second-order valence-electron chi connectivity index (χ2n) is 3.99. The number of fused-ring (bicyclic) bond motifs is 1. The van der Waals surface area contributed by atoms with Gasteiger partial charge < -0.3 is 4.40 Å². The highest BCUT2D eigenvalue weighted by Gasteiger charge is 2.28. The van der Waals surface area contributed by atoms with Gasteiger partial charge in [0.25, 0.3) is 0 Å². The maximum atomic E-state index is 6.09. The van der Waals surface area contributed by atoms with Crippen LogP contribution in [0.4, 0.5) is 0 Å². The van der Waals surface area contributed by atoms with E-state index in [4.69, 9.17) is 11.6 Å². The van der Waals surface area contributed by atoms with E-state index >= 15 is 0 Å². The van der Waals surface area contributed by atoms with Crippen LogP contribution < -0.4 is 0 Å². The Labute approximate surface area is 87.5 Å². The van der Waals surface area contributed by atoms with Gasteiger partial charge in [-0.05, 0) is 37.5 Å². The first-order chi connectivity index (χ1) is 6.75. The van der Waals surface area contributed by atoms with Crippen LogP contribution in [0.2, 0.25) is 5.15 Å². The summed E-state index contributed by atoms with van der Waals surface area (Å²) in [5.74, 6) is 1.77. The van der Waals surface area contributed by atoms with Gasteiger partial charge in [-0.15, -0.1) is 0 Å². The van der Waals surface area contributed by atoms with Crippen LogP contribution >= 0.6 is 11.6 Å². The summed E-state index contributed by atoms with van der Waals surface area (Å²) in [6.07, 6.45) is 4.57. The maximum Gasteiger partial charge on any atom is 0.155 e. The Morgan fingerprint density at radius 2 is 2.29 bits per heavy atom. The van der Waals surface area contributed by atoms with Gasteiger partial charge in [-0.2, -0.15) is 0 Å². The van der Waals surface area contributed by atoms with Crippen molar-refractivity contribution < 1.29 is 0 Å². The average Bonchev–Trinajstić information content (AvgIpc) is 2.94. The highest BCUT2D eigenvalue weighted by Crippen LogP contribution is 2.40. The summed E-state index contributed by atoms with van der Waals surface area (Å²) in [7, 11) is 0. The third-order valence-electron chi connectivity index (χ3n) is 2.72. The summed E-state index contributed by atoms with van der Waals surface area (Å²) in [5, 5.41) is 0.635. The highest BCUT2D eigenvalue weighted by atomic mass is 35.5. The minimum absolute atomic E-state index is 0.635. The number of imidazole rings is 1. The molecule has 0 saturated heterocycles. The summed E-state index contributed by atoms with van der Waals surface area (Å²) in [6, 6.07) is 4.18. The number of aryl methyl sites for hydroxylation is 1. The second kappa shape index (κ2) is 2.74. The number of hydrogen-bond acceptors (Lipinski definition) is 1. The SMILES string of the molecule is Cc1ccn2c(C3CC3)nc(Cl)c2c1. The number of pyridine rings is 1. The number of nitrogens with zero attached hydrogens (tertiary/aromatic N) is 2. The van der Waals surface area contributed by atoms with Crippen molar-refractivity contribution in [3.8, 4) is 0 Å². The lowest BCUT2D eigenvalue weighted by molar-refractivity contribution is 0.920. The van der Waals surface area contributed by atoms with Crippen molar-refractivity contribution in [1.82, 2.24) is 9.38 Å². The molecule has 0 aliphatic heterocycles. The van der Waals surface area contributed by atoms with Gasteiger partial charge in [0.1, 0.15) is 5.82 Å². The summed E-state index contributed by atoms with van der Waals surface area (Å²) < 4.78 is 2.12. The topological polar surface area (TPSA) is 17.3 Å². The third-order valence-corrected chi connectivity index (χ3v) is 3.00. The van der Waals surface area contributed by atoms with Gasteiger partial charge in [-0.1, -0.05) is 11.6 Å². The van der Waals surface area contributed by atoms with E-state index in [1.54, 1.807) is 0 Å². The molecular formula is C11H11ClN2. The van der Waals surface area contributed by atoms with Crippen LogP contribution in [-0.4, -0.2) is 9.38 Å². The van der Waals surface area contributed by atoms with Crippen molar-refractivity contribution in [2.45, 2.75) is 25.7 Å². The molecule has 2 aromatic heterocycles. The molecule has 0 radical (unpaired) electrons. The van der Waals surface area contributed by atoms with Gasteiger partial charge in [0.05, 0.1) is 5.52 Å². The van der Waals surface area contributed by atoms with Gasteiger partial charge in [-0.3, -0.25) is 0 Å². The van der Waals surface area contributed by atoms with Crippen LogP contribution in [0.5, 0.6) is 0 Å². The quantitative estimate of drug-likeness (QED) is 0.701. The maximum absolute atomic E-state index is 6.09. The van der Waals surface area contributed by atoms with Crippen molar-refractivity contribution in [3.05, 3.63) is 34.9 Å². The highest BCUT2D eigenvalue weighted by molar-refractivity contribution is 6.32. The molecule has 2 aromatic rings. The predicted molar refractivity (Wildman–Crippen MR) is 56.9 cm³/mol.